The molecule has 110 valence electrons. The van der Waals surface area contributed by atoms with E-state index in [-0.39, 0.29) is 11.2 Å². The molecule has 2 rings (SSSR count). The van der Waals surface area contributed by atoms with Crippen molar-refractivity contribution >= 4 is 23.1 Å². The second-order valence-electron chi connectivity index (χ2n) is 4.16. The zero-order chi connectivity index (χ0) is 15.2. The van der Waals surface area contributed by atoms with Gasteiger partial charge in [-0.25, -0.2) is 4.98 Å². The van der Waals surface area contributed by atoms with E-state index in [2.05, 4.69) is 15.3 Å². The molecule has 7 nitrogen and oxygen atoms in total. The Hall–Kier alpha value is -2.35. The van der Waals surface area contributed by atoms with Crippen LogP contribution in [-0.4, -0.2) is 21.4 Å². The average Bonchev–Trinajstić information content (AvgIpc) is 2.46. The molecule has 0 aliphatic rings. The third-order valence-corrected chi connectivity index (χ3v) is 3.62. The number of hydrogen-bond donors (Lipinski definition) is 2. The first kappa shape index (κ1) is 15.0. The summed E-state index contributed by atoms with van der Waals surface area (Å²) in [7, 11) is 0. The fourth-order valence-electron chi connectivity index (χ4n) is 1.75. The van der Waals surface area contributed by atoms with Gasteiger partial charge >= 0.3 is 0 Å². The van der Waals surface area contributed by atoms with Crippen molar-refractivity contribution in [3.63, 3.8) is 0 Å². The van der Waals surface area contributed by atoms with Gasteiger partial charge in [0, 0.05) is 42.4 Å². The highest BCUT2D eigenvalue weighted by atomic mass is 32.2. The monoisotopic (exact) mass is 306 g/mol. The van der Waals surface area contributed by atoms with Gasteiger partial charge in [-0.15, -0.1) is 0 Å². The summed E-state index contributed by atoms with van der Waals surface area (Å²) in [6, 6.07) is 6.03. The third kappa shape index (κ3) is 4.06. The van der Waals surface area contributed by atoms with Gasteiger partial charge in [0.2, 0.25) is 0 Å². The molecule has 0 unspecified atom stereocenters. The van der Waals surface area contributed by atoms with E-state index in [0.29, 0.717) is 10.9 Å². The Morgan fingerprint density at radius 3 is 2.90 bits per heavy atom. The van der Waals surface area contributed by atoms with Crippen LogP contribution in [-0.2, 0) is 5.75 Å². The molecule has 0 spiro atoms. The Morgan fingerprint density at radius 2 is 2.24 bits per heavy atom. The summed E-state index contributed by atoms with van der Waals surface area (Å²) in [5.41, 5.74) is 1.46. The number of aromatic amines is 1. The van der Waals surface area contributed by atoms with E-state index >= 15 is 0 Å². The summed E-state index contributed by atoms with van der Waals surface area (Å²) in [5.74, 6) is 0.469. The van der Waals surface area contributed by atoms with Crippen LogP contribution in [0.15, 0.2) is 40.4 Å². The molecule has 1 aromatic heterocycles. The molecule has 8 heteroatoms. The molecular weight excluding hydrogens is 292 g/mol. The standard InChI is InChI=1S/C13H14N4O3S/c1-2-14-11-4-3-10(17(19)20)7-9(11)8-21-13-15-6-5-12(18)16-13/h3-7,14H,2,8H2,1H3,(H,15,16,18). The molecule has 0 atom stereocenters. The number of nitrogens with zero attached hydrogens (tertiary/aromatic N) is 2. The number of nitro groups is 1. The summed E-state index contributed by atoms with van der Waals surface area (Å²) in [6.45, 7) is 2.67. The summed E-state index contributed by atoms with van der Waals surface area (Å²) in [5, 5.41) is 14.5. The first-order valence-corrected chi connectivity index (χ1v) is 7.28. The number of nitro benzene ring substituents is 1. The smallest absolute Gasteiger partial charge is 0.269 e. The molecule has 0 aliphatic carbocycles. The molecule has 0 radical (unpaired) electrons. The highest BCUT2D eigenvalue weighted by Crippen LogP contribution is 2.27. The van der Waals surface area contributed by atoms with Gasteiger partial charge in [-0.2, -0.15) is 0 Å². The van der Waals surface area contributed by atoms with Crippen LogP contribution in [0.25, 0.3) is 0 Å². The quantitative estimate of drug-likeness (QED) is 0.368. The minimum Gasteiger partial charge on any atom is -0.385 e. The van der Waals surface area contributed by atoms with Crippen molar-refractivity contribution in [2.24, 2.45) is 0 Å². The SMILES string of the molecule is CCNc1ccc([N+](=O)[O-])cc1CSc1nccc(=O)[nH]1. The summed E-state index contributed by atoms with van der Waals surface area (Å²) >= 11 is 1.32. The lowest BCUT2D eigenvalue weighted by Crippen LogP contribution is -2.05. The van der Waals surface area contributed by atoms with Crippen molar-refractivity contribution in [2.45, 2.75) is 17.8 Å². The minimum absolute atomic E-state index is 0.0433. The van der Waals surface area contributed by atoms with E-state index in [1.165, 1.54) is 36.2 Å². The topological polar surface area (TPSA) is 101 Å². The molecule has 0 amide bonds. The maximum Gasteiger partial charge on any atom is 0.269 e. The van der Waals surface area contributed by atoms with Crippen molar-refractivity contribution in [3.05, 3.63) is 56.5 Å². The molecule has 0 aliphatic heterocycles. The number of anilines is 1. The molecule has 1 aromatic carbocycles. The molecular formula is C13H14N4O3S. The number of thioether (sulfide) groups is 1. The number of non-ortho nitro benzene ring substituents is 1. The van der Waals surface area contributed by atoms with Crippen molar-refractivity contribution < 1.29 is 4.92 Å². The number of benzene rings is 1. The second-order valence-corrected chi connectivity index (χ2v) is 5.12. The maximum absolute atomic E-state index is 11.2. The second kappa shape index (κ2) is 6.89. The van der Waals surface area contributed by atoms with Gasteiger partial charge in [0.05, 0.1) is 4.92 Å². The number of rotatable bonds is 6. The highest BCUT2D eigenvalue weighted by Gasteiger charge is 2.11. The van der Waals surface area contributed by atoms with Crippen LogP contribution in [0.2, 0.25) is 0 Å². The highest BCUT2D eigenvalue weighted by molar-refractivity contribution is 7.98. The number of aromatic nitrogens is 2. The number of nitrogens with one attached hydrogen (secondary N) is 2. The molecule has 2 N–H and O–H groups in total. The van der Waals surface area contributed by atoms with E-state index < -0.39 is 4.92 Å². The van der Waals surface area contributed by atoms with Crippen LogP contribution in [0, 0.1) is 10.1 Å². The molecule has 2 aromatic rings. The van der Waals surface area contributed by atoms with E-state index in [4.69, 9.17) is 0 Å². The lowest BCUT2D eigenvalue weighted by Gasteiger charge is -2.10. The first-order chi connectivity index (χ1) is 10.1. The molecule has 21 heavy (non-hydrogen) atoms. The first-order valence-electron chi connectivity index (χ1n) is 6.29. The van der Waals surface area contributed by atoms with Gasteiger partial charge in [-0.3, -0.25) is 14.9 Å². The fourth-order valence-corrected chi connectivity index (χ4v) is 2.59. The third-order valence-electron chi connectivity index (χ3n) is 2.68. The van der Waals surface area contributed by atoms with Crippen LogP contribution < -0.4 is 10.9 Å². The zero-order valence-corrected chi connectivity index (χ0v) is 12.1. The van der Waals surface area contributed by atoms with Gasteiger partial charge < -0.3 is 10.3 Å². The van der Waals surface area contributed by atoms with Gasteiger partial charge in [0.1, 0.15) is 0 Å². The average molecular weight is 306 g/mol. The van der Waals surface area contributed by atoms with Crippen LogP contribution in [0.3, 0.4) is 0 Å². The largest absolute Gasteiger partial charge is 0.385 e. The molecule has 0 saturated carbocycles. The predicted molar refractivity (Wildman–Crippen MR) is 81.7 cm³/mol. The van der Waals surface area contributed by atoms with E-state index in [1.807, 2.05) is 6.92 Å². The summed E-state index contributed by atoms with van der Waals surface area (Å²) in [6.07, 6.45) is 1.43. The molecule has 1 heterocycles. The van der Waals surface area contributed by atoms with Gasteiger partial charge in [0.25, 0.3) is 11.2 Å². The van der Waals surface area contributed by atoms with Crippen LogP contribution in [0.5, 0.6) is 0 Å². The van der Waals surface area contributed by atoms with E-state index in [9.17, 15) is 14.9 Å². The molecule has 0 fully saturated rings. The Bertz CT molecular complexity index is 702. The van der Waals surface area contributed by atoms with Crippen LogP contribution in [0.4, 0.5) is 11.4 Å². The maximum atomic E-state index is 11.2. The van der Waals surface area contributed by atoms with Crippen molar-refractivity contribution in [2.75, 3.05) is 11.9 Å². The Kier molecular flexibility index (Phi) is 4.94. The molecule has 0 bridgehead atoms. The van der Waals surface area contributed by atoms with Gasteiger partial charge in [-0.05, 0) is 18.6 Å². The van der Waals surface area contributed by atoms with Crippen molar-refractivity contribution in [1.82, 2.24) is 9.97 Å². The Balaban J connectivity index is 2.22. The minimum atomic E-state index is -0.424. The fraction of sp³-hybridized carbons (Fsp3) is 0.231. The molecule has 0 saturated heterocycles. The van der Waals surface area contributed by atoms with E-state index in [0.717, 1.165) is 17.8 Å². The lowest BCUT2D eigenvalue weighted by molar-refractivity contribution is -0.384. The normalized spacial score (nSPS) is 10.3. The van der Waals surface area contributed by atoms with Crippen LogP contribution >= 0.6 is 11.8 Å². The van der Waals surface area contributed by atoms with E-state index in [1.54, 1.807) is 6.07 Å². The predicted octanol–water partition coefficient (Wildman–Crippen LogP) is 2.40. The van der Waals surface area contributed by atoms with Gasteiger partial charge in [0.15, 0.2) is 5.16 Å². The van der Waals surface area contributed by atoms with Crippen LogP contribution in [0.1, 0.15) is 12.5 Å². The Morgan fingerprint density at radius 1 is 1.43 bits per heavy atom. The summed E-state index contributed by atoms with van der Waals surface area (Å²) < 4.78 is 0. The number of H-pyrrole nitrogens is 1. The number of hydrogen-bond acceptors (Lipinski definition) is 6. The Labute approximate surface area is 125 Å². The summed E-state index contributed by atoms with van der Waals surface area (Å²) in [4.78, 5) is 28.3. The van der Waals surface area contributed by atoms with Crippen molar-refractivity contribution in [3.8, 4) is 0 Å². The van der Waals surface area contributed by atoms with Crippen molar-refractivity contribution in [1.29, 1.82) is 0 Å². The lowest BCUT2D eigenvalue weighted by atomic mass is 10.2. The zero-order valence-electron chi connectivity index (χ0n) is 11.3. The van der Waals surface area contributed by atoms with Gasteiger partial charge in [-0.1, -0.05) is 11.8 Å².